The molecule has 0 atom stereocenters. The molecule has 0 spiro atoms. The van der Waals surface area contributed by atoms with Crippen molar-refractivity contribution in [2.45, 2.75) is 37.8 Å². The van der Waals surface area contributed by atoms with Gasteiger partial charge in [0.25, 0.3) is 0 Å². The second kappa shape index (κ2) is 5.02. The summed E-state index contributed by atoms with van der Waals surface area (Å²) >= 11 is 0. The van der Waals surface area contributed by atoms with E-state index in [4.69, 9.17) is 4.43 Å². The monoisotopic (exact) mass is 318 g/mol. The summed E-state index contributed by atoms with van der Waals surface area (Å²) in [4.78, 5) is 0. The minimum atomic E-state index is -3.28. The molecule has 0 N–H and O–H groups in total. The summed E-state index contributed by atoms with van der Waals surface area (Å²) in [7, 11) is -7.59. The highest BCUT2D eigenvalue weighted by Gasteiger charge is 2.67. The van der Waals surface area contributed by atoms with Crippen molar-refractivity contribution in [2.75, 3.05) is 25.9 Å². The van der Waals surface area contributed by atoms with Crippen LogP contribution in [0.3, 0.4) is 0 Å². The summed E-state index contributed by atoms with van der Waals surface area (Å²) in [6, 6.07) is 0.334. The minimum absolute atomic E-state index is 0.334. The Morgan fingerprint density at radius 3 is 1.72 bits per heavy atom. The van der Waals surface area contributed by atoms with Crippen LogP contribution in [-0.4, -0.2) is 54.1 Å². The molecule has 0 amide bonds. The Kier molecular flexibility index (Phi) is 4.57. The minimum Gasteiger partial charge on any atom is -0.404 e. The summed E-state index contributed by atoms with van der Waals surface area (Å²) in [5.41, 5.74) is -1.57. The molecule has 8 heteroatoms. The third kappa shape index (κ3) is 2.14. The highest BCUT2D eigenvalue weighted by molar-refractivity contribution is 7.68. The lowest BCUT2D eigenvalue weighted by Gasteiger charge is -2.58. The number of alkyl halides is 4. The summed E-state index contributed by atoms with van der Waals surface area (Å²) in [5.74, 6) is 0. The van der Waals surface area contributed by atoms with E-state index in [1.807, 2.05) is 26.2 Å². The van der Waals surface area contributed by atoms with Gasteiger partial charge in [0, 0.05) is 7.59 Å². The average Bonchev–Trinajstić information content (AvgIpc) is 2.33. The molecule has 0 bridgehead atoms. The maximum atomic E-state index is 13.5. The van der Waals surface area contributed by atoms with Gasteiger partial charge < -0.3 is 4.43 Å². The van der Waals surface area contributed by atoms with Gasteiger partial charge in [-0.2, -0.15) is 0 Å². The Morgan fingerprint density at radius 1 is 0.944 bits per heavy atom. The third-order valence-electron chi connectivity index (χ3n) is 4.93. The first-order valence-corrected chi connectivity index (χ1v) is 16.6. The Bertz CT molecular complexity index is 303. The van der Waals surface area contributed by atoms with Crippen molar-refractivity contribution >= 4 is 22.5 Å². The second-order valence-corrected chi connectivity index (χ2v) is 32.4. The molecule has 0 aliphatic carbocycles. The van der Waals surface area contributed by atoms with Gasteiger partial charge in [0.15, 0.2) is 0 Å². The molecule has 1 saturated heterocycles. The smallest absolute Gasteiger partial charge is 0.238 e. The fourth-order valence-electron chi connectivity index (χ4n) is 2.83. The van der Waals surface area contributed by atoms with Gasteiger partial charge in [-0.15, -0.1) is 0 Å². The molecule has 0 unspecified atom stereocenters. The molecule has 108 valence electrons. The third-order valence-corrected chi connectivity index (χ3v) is 42.6. The largest absolute Gasteiger partial charge is 0.404 e. The molecule has 18 heavy (non-hydrogen) atoms. The highest BCUT2D eigenvalue weighted by atomic mass is 29.6. The molecule has 1 aliphatic heterocycles. The van der Waals surface area contributed by atoms with Crippen LogP contribution in [0.5, 0.6) is 0 Å². The van der Waals surface area contributed by atoms with Gasteiger partial charge in [-0.1, -0.05) is 26.2 Å². The van der Waals surface area contributed by atoms with E-state index in [9.17, 15) is 17.6 Å². The van der Waals surface area contributed by atoms with Crippen LogP contribution in [0.1, 0.15) is 0 Å². The number of halogens is 4. The molecule has 1 fully saturated rings. The van der Waals surface area contributed by atoms with Crippen LogP contribution in [-0.2, 0) is 4.43 Å². The van der Waals surface area contributed by atoms with E-state index in [1.54, 1.807) is 0 Å². The SMILES string of the molecule is C[Si]1(C)CC(CF)(CF)O[Si](CF)(CF)[Si]1(C)C. The van der Waals surface area contributed by atoms with E-state index in [0.29, 0.717) is 6.04 Å². The van der Waals surface area contributed by atoms with Crippen LogP contribution in [0.15, 0.2) is 0 Å². The van der Waals surface area contributed by atoms with Crippen molar-refractivity contribution in [1.82, 2.24) is 0 Å². The Balaban J connectivity index is 3.31. The molecule has 0 radical (unpaired) electrons. The zero-order chi connectivity index (χ0) is 14.2. The van der Waals surface area contributed by atoms with Crippen molar-refractivity contribution in [3.8, 4) is 0 Å². The summed E-state index contributed by atoms with van der Waals surface area (Å²) in [6.07, 6.45) is -1.72. The average molecular weight is 319 g/mol. The molecule has 0 saturated carbocycles. The van der Waals surface area contributed by atoms with E-state index >= 15 is 0 Å². The Hall–Kier alpha value is 0.331. The first-order valence-electron chi connectivity index (χ1n) is 6.10. The van der Waals surface area contributed by atoms with Crippen LogP contribution >= 0.6 is 0 Å². The maximum Gasteiger partial charge on any atom is 0.238 e. The standard InChI is InChI=1S/C10H22F4OSi3/c1-16(2)7-10(5-11,6-12)15-18(8-13,9-14)17(16,3)4/h5-9H2,1-4H3. The lowest BCUT2D eigenvalue weighted by molar-refractivity contribution is 0.0213. The normalized spacial score (nSPS) is 28.0. The van der Waals surface area contributed by atoms with Gasteiger partial charge in [-0.05, 0) is 6.04 Å². The van der Waals surface area contributed by atoms with E-state index in [2.05, 4.69) is 0 Å². The van der Waals surface area contributed by atoms with E-state index in [0.717, 1.165) is 0 Å². The number of hydrogen-bond acceptors (Lipinski definition) is 1. The lowest BCUT2D eigenvalue weighted by Crippen LogP contribution is -2.83. The van der Waals surface area contributed by atoms with Crippen LogP contribution < -0.4 is 0 Å². The summed E-state index contributed by atoms with van der Waals surface area (Å²) < 4.78 is 58.9. The molecule has 0 aromatic heterocycles. The first-order chi connectivity index (χ1) is 8.16. The fourth-order valence-corrected chi connectivity index (χ4v) is 31.6. The topological polar surface area (TPSA) is 9.23 Å². The Morgan fingerprint density at radius 2 is 1.39 bits per heavy atom. The first kappa shape index (κ1) is 16.4. The zero-order valence-electron chi connectivity index (χ0n) is 11.5. The predicted octanol–water partition coefficient (Wildman–Crippen LogP) is 3.23. The lowest BCUT2D eigenvalue weighted by atomic mass is 10.1. The molecule has 1 aliphatic rings. The van der Waals surface area contributed by atoms with Crippen molar-refractivity contribution in [3.63, 3.8) is 0 Å². The summed E-state index contributed by atoms with van der Waals surface area (Å²) in [6.45, 7) is 5.94. The van der Waals surface area contributed by atoms with Gasteiger partial charge in [-0.25, -0.2) is 8.78 Å². The number of rotatable bonds is 4. The van der Waals surface area contributed by atoms with Crippen LogP contribution in [0.25, 0.3) is 0 Å². The van der Waals surface area contributed by atoms with Gasteiger partial charge in [0.05, 0.1) is 7.11 Å². The van der Waals surface area contributed by atoms with Gasteiger partial charge in [0.1, 0.15) is 31.5 Å². The predicted molar refractivity (Wildman–Crippen MR) is 73.2 cm³/mol. The molecule has 1 heterocycles. The molecule has 0 aromatic rings. The highest BCUT2D eigenvalue weighted by Crippen LogP contribution is 2.44. The molecule has 1 rings (SSSR count). The quantitative estimate of drug-likeness (QED) is 0.571. The second-order valence-electron chi connectivity index (χ2n) is 6.50. The van der Waals surface area contributed by atoms with Crippen molar-refractivity contribution in [2.24, 2.45) is 0 Å². The van der Waals surface area contributed by atoms with Crippen LogP contribution in [0.2, 0.25) is 32.2 Å². The fraction of sp³-hybridized carbons (Fsp3) is 1.00. The van der Waals surface area contributed by atoms with E-state index < -0.39 is 54.1 Å². The summed E-state index contributed by atoms with van der Waals surface area (Å²) in [5, 5.41) is 0. The maximum absolute atomic E-state index is 13.5. The van der Waals surface area contributed by atoms with E-state index in [-0.39, 0.29) is 0 Å². The van der Waals surface area contributed by atoms with Crippen molar-refractivity contribution in [1.29, 1.82) is 0 Å². The molecular weight excluding hydrogens is 296 g/mol. The molecular formula is C10H22F4OSi3. The van der Waals surface area contributed by atoms with Gasteiger partial charge in [-0.3, -0.25) is 8.78 Å². The van der Waals surface area contributed by atoms with Crippen molar-refractivity contribution in [3.05, 3.63) is 0 Å². The molecule has 0 aromatic carbocycles. The zero-order valence-corrected chi connectivity index (χ0v) is 14.5. The van der Waals surface area contributed by atoms with Crippen LogP contribution in [0, 0.1) is 0 Å². The Labute approximate surface area is 109 Å². The van der Waals surface area contributed by atoms with Gasteiger partial charge >= 0.3 is 0 Å². The van der Waals surface area contributed by atoms with Gasteiger partial charge in [0.2, 0.25) is 7.83 Å². The van der Waals surface area contributed by atoms with Crippen molar-refractivity contribution < 1.29 is 22.0 Å². The van der Waals surface area contributed by atoms with E-state index in [1.165, 1.54) is 0 Å². The van der Waals surface area contributed by atoms with Crippen LogP contribution in [0.4, 0.5) is 17.6 Å². The molecule has 1 nitrogen and oxygen atoms in total. The number of hydrogen-bond donors (Lipinski definition) is 0.